The lowest BCUT2D eigenvalue weighted by Crippen LogP contribution is -2.43. The van der Waals surface area contributed by atoms with Gasteiger partial charge in [0.1, 0.15) is 9.84 Å². The summed E-state index contributed by atoms with van der Waals surface area (Å²) in [6.45, 7) is 6.26. The molecule has 4 heteroatoms. The molecule has 0 spiro atoms. The minimum absolute atomic E-state index is 0.0946. The maximum Gasteiger partial charge on any atom is 0.150 e. The molecule has 84 valence electrons. The van der Waals surface area contributed by atoms with Crippen LogP contribution in [0.3, 0.4) is 0 Å². The van der Waals surface area contributed by atoms with Crippen LogP contribution < -0.4 is 0 Å². The number of sulfone groups is 1. The average molecular weight is 219 g/mol. The van der Waals surface area contributed by atoms with Gasteiger partial charge < -0.3 is 4.90 Å². The van der Waals surface area contributed by atoms with Crippen molar-refractivity contribution >= 4 is 9.84 Å². The Hall–Kier alpha value is -0.0900. The van der Waals surface area contributed by atoms with Crippen LogP contribution in [0.1, 0.15) is 33.1 Å². The molecule has 1 atom stereocenters. The minimum Gasteiger partial charge on any atom is -0.301 e. The molecule has 1 fully saturated rings. The Morgan fingerprint density at radius 2 is 1.86 bits per heavy atom. The van der Waals surface area contributed by atoms with Crippen LogP contribution in [0, 0.1) is 0 Å². The van der Waals surface area contributed by atoms with Crippen molar-refractivity contribution in [2.45, 2.75) is 44.4 Å². The highest BCUT2D eigenvalue weighted by atomic mass is 32.2. The Bertz CT molecular complexity index is 266. The first-order valence-corrected chi connectivity index (χ1v) is 7.33. The van der Waals surface area contributed by atoms with Crippen molar-refractivity contribution < 1.29 is 8.42 Å². The molecule has 1 aliphatic rings. The normalized spacial score (nSPS) is 23.6. The predicted molar refractivity (Wildman–Crippen MR) is 59.2 cm³/mol. The Morgan fingerprint density at radius 1 is 1.36 bits per heavy atom. The third-order valence-corrected chi connectivity index (χ3v) is 4.98. The van der Waals surface area contributed by atoms with E-state index in [1.54, 1.807) is 0 Å². The summed E-state index contributed by atoms with van der Waals surface area (Å²) in [7, 11) is -2.81. The smallest absolute Gasteiger partial charge is 0.150 e. The van der Waals surface area contributed by atoms with E-state index in [2.05, 4.69) is 18.7 Å². The summed E-state index contributed by atoms with van der Waals surface area (Å²) in [5.74, 6) is 0. The molecular formula is C10H21NO2S. The van der Waals surface area contributed by atoms with Crippen molar-refractivity contribution in [2.24, 2.45) is 0 Å². The molecule has 3 nitrogen and oxygen atoms in total. The molecule has 1 rings (SSSR count). The van der Waals surface area contributed by atoms with Crippen LogP contribution in [0.4, 0.5) is 0 Å². The molecule has 0 saturated carbocycles. The first-order chi connectivity index (χ1) is 6.45. The molecule has 0 aromatic heterocycles. The Kier molecular flexibility index (Phi) is 3.95. The molecule has 1 unspecified atom stereocenters. The number of hydrogen-bond acceptors (Lipinski definition) is 3. The summed E-state index contributed by atoms with van der Waals surface area (Å²) in [6.07, 6.45) is 4.12. The first kappa shape index (κ1) is 12.0. The van der Waals surface area contributed by atoms with Crippen LogP contribution in [-0.2, 0) is 9.84 Å². The zero-order valence-corrected chi connectivity index (χ0v) is 10.2. The highest BCUT2D eigenvalue weighted by Crippen LogP contribution is 2.19. The second kappa shape index (κ2) is 4.62. The van der Waals surface area contributed by atoms with Crippen molar-refractivity contribution in [1.29, 1.82) is 0 Å². The topological polar surface area (TPSA) is 37.4 Å². The lowest BCUT2D eigenvalue weighted by atomic mass is 10.1. The summed E-state index contributed by atoms with van der Waals surface area (Å²) in [4.78, 5) is 2.39. The van der Waals surface area contributed by atoms with Gasteiger partial charge in [0.15, 0.2) is 0 Å². The predicted octanol–water partition coefficient (Wildman–Crippen LogP) is 1.29. The van der Waals surface area contributed by atoms with Gasteiger partial charge in [-0.15, -0.1) is 0 Å². The second-order valence-corrected chi connectivity index (χ2v) is 6.65. The van der Waals surface area contributed by atoms with E-state index in [9.17, 15) is 8.42 Å². The van der Waals surface area contributed by atoms with Crippen molar-refractivity contribution in [1.82, 2.24) is 4.90 Å². The fourth-order valence-corrected chi connectivity index (χ4v) is 3.07. The molecule has 0 aliphatic carbocycles. The van der Waals surface area contributed by atoms with Gasteiger partial charge in [0.2, 0.25) is 0 Å². The third kappa shape index (κ3) is 2.95. The molecular weight excluding hydrogens is 198 g/mol. The number of piperidine rings is 1. The van der Waals surface area contributed by atoms with Gasteiger partial charge in [-0.3, -0.25) is 0 Å². The van der Waals surface area contributed by atoms with E-state index in [1.165, 1.54) is 6.26 Å². The summed E-state index contributed by atoms with van der Waals surface area (Å²) < 4.78 is 22.6. The van der Waals surface area contributed by atoms with Crippen LogP contribution in [0.5, 0.6) is 0 Å². The van der Waals surface area contributed by atoms with E-state index in [0.717, 1.165) is 32.4 Å². The van der Waals surface area contributed by atoms with Crippen LogP contribution in [-0.4, -0.2) is 44.0 Å². The van der Waals surface area contributed by atoms with Gasteiger partial charge in [-0.1, -0.05) is 6.92 Å². The molecule has 0 amide bonds. The van der Waals surface area contributed by atoms with Crippen molar-refractivity contribution in [2.75, 3.05) is 19.3 Å². The Balaban J connectivity index is 2.47. The van der Waals surface area contributed by atoms with Crippen molar-refractivity contribution in [3.05, 3.63) is 0 Å². The number of nitrogens with zero attached hydrogens (tertiary/aromatic N) is 1. The van der Waals surface area contributed by atoms with E-state index >= 15 is 0 Å². The number of likely N-dealkylation sites (tertiary alicyclic amines) is 1. The zero-order chi connectivity index (χ0) is 10.8. The standard InChI is InChI=1S/C10H21NO2S/c1-4-9(2)11-7-5-10(6-8-11)14(3,12)13/h9-10H,4-8H2,1-3H3. The van der Waals surface area contributed by atoms with Gasteiger partial charge in [-0.05, 0) is 39.3 Å². The third-order valence-electron chi connectivity index (χ3n) is 3.30. The van der Waals surface area contributed by atoms with E-state index < -0.39 is 9.84 Å². The maximum absolute atomic E-state index is 11.3. The summed E-state index contributed by atoms with van der Waals surface area (Å²) in [6, 6.07) is 0.593. The Morgan fingerprint density at radius 3 is 2.21 bits per heavy atom. The molecule has 1 aliphatic heterocycles. The van der Waals surface area contributed by atoms with Crippen LogP contribution in [0.2, 0.25) is 0 Å². The van der Waals surface area contributed by atoms with E-state index in [-0.39, 0.29) is 5.25 Å². The number of rotatable bonds is 3. The molecule has 0 N–H and O–H groups in total. The van der Waals surface area contributed by atoms with Crippen LogP contribution in [0.25, 0.3) is 0 Å². The van der Waals surface area contributed by atoms with Gasteiger partial charge >= 0.3 is 0 Å². The zero-order valence-electron chi connectivity index (χ0n) is 9.36. The Labute approximate surface area is 87.4 Å². The van der Waals surface area contributed by atoms with Gasteiger partial charge in [0.05, 0.1) is 5.25 Å². The summed E-state index contributed by atoms with van der Waals surface area (Å²) in [5.41, 5.74) is 0. The number of hydrogen-bond donors (Lipinski definition) is 0. The van der Waals surface area contributed by atoms with Gasteiger partial charge in [-0.25, -0.2) is 8.42 Å². The lowest BCUT2D eigenvalue weighted by molar-refractivity contribution is 0.171. The van der Waals surface area contributed by atoms with Gasteiger partial charge in [0.25, 0.3) is 0 Å². The molecule has 1 saturated heterocycles. The molecule has 0 aromatic carbocycles. The summed E-state index contributed by atoms with van der Waals surface area (Å²) >= 11 is 0. The average Bonchev–Trinajstić information content (AvgIpc) is 2.15. The monoisotopic (exact) mass is 219 g/mol. The molecule has 0 aromatic rings. The molecule has 0 bridgehead atoms. The largest absolute Gasteiger partial charge is 0.301 e. The molecule has 1 heterocycles. The maximum atomic E-state index is 11.3. The molecule has 14 heavy (non-hydrogen) atoms. The van der Waals surface area contributed by atoms with E-state index in [4.69, 9.17) is 0 Å². The highest BCUT2D eigenvalue weighted by molar-refractivity contribution is 7.91. The quantitative estimate of drug-likeness (QED) is 0.718. The first-order valence-electron chi connectivity index (χ1n) is 5.38. The van der Waals surface area contributed by atoms with Crippen molar-refractivity contribution in [3.63, 3.8) is 0 Å². The van der Waals surface area contributed by atoms with Crippen LogP contribution >= 0.6 is 0 Å². The van der Waals surface area contributed by atoms with Gasteiger partial charge in [0, 0.05) is 12.3 Å². The minimum atomic E-state index is -2.81. The summed E-state index contributed by atoms with van der Waals surface area (Å²) in [5, 5.41) is -0.0946. The lowest BCUT2D eigenvalue weighted by Gasteiger charge is -2.34. The fraction of sp³-hybridized carbons (Fsp3) is 1.00. The fourth-order valence-electron chi connectivity index (χ4n) is 2.00. The molecule has 0 radical (unpaired) electrons. The van der Waals surface area contributed by atoms with Crippen LogP contribution in [0.15, 0.2) is 0 Å². The van der Waals surface area contributed by atoms with E-state index in [0.29, 0.717) is 6.04 Å². The van der Waals surface area contributed by atoms with Crippen molar-refractivity contribution in [3.8, 4) is 0 Å². The second-order valence-electron chi connectivity index (χ2n) is 4.32. The van der Waals surface area contributed by atoms with Gasteiger partial charge in [-0.2, -0.15) is 0 Å². The van der Waals surface area contributed by atoms with E-state index in [1.807, 2.05) is 0 Å². The SMILES string of the molecule is CCC(C)N1CCC(S(C)(=O)=O)CC1. The highest BCUT2D eigenvalue weighted by Gasteiger charge is 2.27.